The number of rotatable bonds is 8. The number of para-hydroxylation sites is 1. The lowest BCUT2D eigenvalue weighted by Crippen LogP contribution is -2.28. The first kappa shape index (κ1) is 21.5. The predicted octanol–water partition coefficient (Wildman–Crippen LogP) is 3.75. The van der Waals surface area contributed by atoms with Crippen molar-refractivity contribution in [2.24, 2.45) is 0 Å². The maximum atomic E-state index is 13.9. The molecule has 0 aliphatic carbocycles. The summed E-state index contributed by atoms with van der Waals surface area (Å²) in [5, 5.41) is 9.50. The Balaban J connectivity index is 1.46. The summed E-state index contributed by atoms with van der Waals surface area (Å²) in [6, 6.07) is 16.5. The normalized spacial score (nSPS) is 14.1. The molecule has 8 heteroatoms. The Morgan fingerprint density at radius 3 is 2.52 bits per heavy atom. The summed E-state index contributed by atoms with van der Waals surface area (Å²) < 4.78 is 15.9. The molecule has 31 heavy (non-hydrogen) atoms. The van der Waals surface area contributed by atoms with Crippen LogP contribution >= 0.6 is 11.8 Å². The molecule has 0 unspecified atom stereocenters. The van der Waals surface area contributed by atoms with Crippen LogP contribution in [-0.4, -0.2) is 56.4 Å². The Kier molecular flexibility index (Phi) is 6.99. The summed E-state index contributed by atoms with van der Waals surface area (Å²) >= 11 is 1.36. The Morgan fingerprint density at radius 1 is 1.06 bits per heavy atom. The van der Waals surface area contributed by atoms with Crippen LogP contribution in [0, 0.1) is 5.82 Å². The average molecular weight is 440 g/mol. The fourth-order valence-corrected chi connectivity index (χ4v) is 4.59. The van der Waals surface area contributed by atoms with Crippen LogP contribution in [0.1, 0.15) is 24.2 Å². The van der Waals surface area contributed by atoms with E-state index >= 15 is 0 Å². The summed E-state index contributed by atoms with van der Waals surface area (Å²) in [5.74, 6) is 0.699. The third kappa shape index (κ3) is 5.32. The Morgan fingerprint density at radius 2 is 1.77 bits per heavy atom. The van der Waals surface area contributed by atoms with Gasteiger partial charge in [-0.2, -0.15) is 0 Å². The number of carbonyl (C=O) groups excluding carboxylic acids is 1. The van der Waals surface area contributed by atoms with E-state index in [1.54, 1.807) is 30.1 Å². The van der Waals surface area contributed by atoms with Gasteiger partial charge in [0.1, 0.15) is 5.82 Å². The molecule has 1 saturated heterocycles. The van der Waals surface area contributed by atoms with Crippen LogP contribution in [0.2, 0.25) is 0 Å². The zero-order valence-corrected chi connectivity index (χ0v) is 18.4. The van der Waals surface area contributed by atoms with E-state index in [0.29, 0.717) is 10.7 Å². The van der Waals surface area contributed by atoms with Gasteiger partial charge in [0.25, 0.3) is 0 Å². The SMILES string of the molecule is CN(Cc1ccccc1F)C(=O)CSc1nnc(CN2CCCC2)n1-c1ccccc1. The highest BCUT2D eigenvalue weighted by Gasteiger charge is 2.21. The van der Waals surface area contributed by atoms with E-state index in [2.05, 4.69) is 15.1 Å². The smallest absolute Gasteiger partial charge is 0.233 e. The quantitative estimate of drug-likeness (QED) is 0.501. The fourth-order valence-electron chi connectivity index (χ4n) is 3.68. The van der Waals surface area contributed by atoms with E-state index in [0.717, 1.165) is 31.1 Å². The largest absolute Gasteiger partial charge is 0.341 e. The van der Waals surface area contributed by atoms with Crippen LogP contribution in [0.3, 0.4) is 0 Å². The standard InChI is InChI=1S/C23H26FN5OS/c1-27(15-18-9-5-6-12-20(18)24)22(30)17-31-23-26-25-21(16-28-13-7-8-14-28)29(23)19-10-3-2-4-11-19/h2-6,9-12H,7-8,13-17H2,1H3. The lowest BCUT2D eigenvalue weighted by Gasteiger charge is -2.18. The minimum absolute atomic E-state index is 0.0862. The maximum absolute atomic E-state index is 13.9. The van der Waals surface area contributed by atoms with E-state index in [-0.39, 0.29) is 24.0 Å². The second kappa shape index (κ2) is 10.1. The van der Waals surface area contributed by atoms with Crippen molar-refractivity contribution in [3.05, 3.63) is 71.8 Å². The molecule has 6 nitrogen and oxygen atoms in total. The zero-order chi connectivity index (χ0) is 21.6. The number of halogens is 1. The van der Waals surface area contributed by atoms with Crippen molar-refractivity contribution in [2.45, 2.75) is 31.1 Å². The summed E-state index contributed by atoms with van der Waals surface area (Å²) in [7, 11) is 1.69. The van der Waals surface area contributed by atoms with Crippen LogP contribution in [0.4, 0.5) is 4.39 Å². The molecule has 1 amide bonds. The topological polar surface area (TPSA) is 54.3 Å². The van der Waals surface area contributed by atoms with Gasteiger partial charge in [0.05, 0.1) is 12.3 Å². The minimum atomic E-state index is -0.301. The van der Waals surface area contributed by atoms with Gasteiger partial charge in [0.2, 0.25) is 5.91 Å². The number of benzene rings is 2. The van der Waals surface area contributed by atoms with Crippen molar-refractivity contribution in [2.75, 3.05) is 25.9 Å². The van der Waals surface area contributed by atoms with E-state index in [1.807, 2.05) is 34.9 Å². The van der Waals surface area contributed by atoms with E-state index < -0.39 is 0 Å². The fraction of sp³-hybridized carbons (Fsp3) is 0.348. The van der Waals surface area contributed by atoms with Crippen molar-refractivity contribution >= 4 is 17.7 Å². The van der Waals surface area contributed by atoms with Gasteiger partial charge < -0.3 is 4.90 Å². The highest BCUT2D eigenvalue weighted by Crippen LogP contribution is 2.24. The molecule has 0 atom stereocenters. The second-order valence-electron chi connectivity index (χ2n) is 7.68. The Hall–Kier alpha value is -2.71. The third-order valence-corrected chi connectivity index (χ3v) is 6.31. The molecular weight excluding hydrogens is 413 g/mol. The summed E-state index contributed by atoms with van der Waals surface area (Å²) in [5.41, 5.74) is 1.49. The van der Waals surface area contributed by atoms with Crippen LogP contribution in [-0.2, 0) is 17.9 Å². The first-order chi connectivity index (χ1) is 15.1. The van der Waals surface area contributed by atoms with Crippen molar-refractivity contribution in [3.63, 3.8) is 0 Å². The number of aromatic nitrogens is 3. The molecule has 0 saturated carbocycles. The molecule has 1 aromatic heterocycles. The zero-order valence-electron chi connectivity index (χ0n) is 17.6. The van der Waals surface area contributed by atoms with Crippen LogP contribution in [0.5, 0.6) is 0 Å². The molecule has 4 rings (SSSR count). The molecule has 1 aliphatic heterocycles. The molecule has 0 N–H and O–H groups in total. The number of hydrogen-bond donors (Lipinski definition) is 0. The molecule has 2 aromatic carbocycles. The van der Waals surface area contributed by atoms with Gasteiger partial charge in [-0.3, -0.25) is 14.3 Å². The summed E-state index contributed by atoms with van der Waals surface area (Å²) in [6.07, 6.45) is 2.42. The molecule has 162 valence electrons. The van der Waals surface area contributed by atoms with E-state index in [1.165, 1.54) is 30.7 Å². The molecule has 1 fully saturated rings. The summed E-state index contributed by atoms with van der Waals surface area (Å²) in [6.45, 7) is 3.12. The van der Waals surface area contributed by atoms with Gasteiger partial charge in [0, 0.05) is 24.8 Å². The van der Waals surface area contributed by atoms with Crippen LogP contribution < -0.4 is 0 Å². The van der Waals surface area contributed by atoms with Crippen molar-refractivity contribution in [1.29, 1.82) is 0 Å². The third-order valence-electron chi connectivity index (χ3n) is 5.39. The second-order valence-corrected chi connectivity index (χ2v) is 8.63. The first-order valence-electron chi connectivity index (χ1n) is 10.4. The number of likely N-dealkylation sites (tertiary alicyclic amines) is 1. The van der Waals surface area contributed by atoms with Crippen molar-refractivity contribution in [3.8, 4) is 5.69 Å². The van der Waals surface area contributed by atoms with Crippen LogP contribution in [0.25, 0.3) is 5.69 Å². The minimum Gasteiger partial charge on any atom is -0.341 e. The maximum Gasteiger partial charge on any atom is 0.233 e. The van der Waals surface area contributed by atoms with Gasteiger partial charge in [0.15, 0.2) is 11.0 Å². The summed E-state index contributed by atoms with van der Waals surface area (Å²) in [4.78, 5) is 16.6. The molecular formula is C23H26FN5OS. The highest BCUT2D eigenvalue weighted by atomic mass is 32.2. The number of amides is 1. The first-order valence-corrected chi connectivity index (χ1v) is 11.4. The number of hydrogen-bond acceptors (Lipinski definition) is 5. The molecule has 0 radical (unpaired) electrons. The number of nitrogens with zero attached hydrogens (tertiary/aromatic N) is 5. The lowest BCUT2D eigenvalue weighted by atomic mass is 10.2. The lowest BCUT2D eigenvalue weighted by molar-refractivity contribution is -0.127. The van der Waals surface area contributed by atoms with E-state index in [4.69, 9.17) is 0 Å². The monoisotopic (exact) mass is 439 g/mol. The number of thioether (sulfide) groups is 1. The molecule has 2 heterocycles. The van der Waals surface area contributed by atoms with Gasteiger partial charge in [-0.15, -0.1) is 10.2 Å². The molecule has 1 aliphatic rings. The van der Waals surface area contributed by atoms with E-state index in [9.17, 15) is 9.18 Å². The van der Waals surface area contributed by atoms with Crippen LogP contribution in [0.15, 0.2) is 59.8 Å². The highest BCUT2D eigenvalue weighted by molar-refractivity contribution is 7.99. The van der Waals surface area contributed by atoms with Crippen molar-refractivity contribution < 1.29 is 9.18 Å². The molecule has 0 bridgehead atoms. The molecule has 0 spiro atoms. The molecule has 3 aromatic rings. The van der Waals surface area contributed by atoms with Crippen molar-refractivity contribution in [1.82, 2.24) is 24.6 Å². The van der Waals surface area contributed by atoms with Gasteiger partial charge >= 0.3 is 0 Å². The predicted molar refractivity (Wildman–Crippen MR) is 119 cm³/mol. The Bertz CT molecular complexity index is 1020. The average Bonchev–Trinajstić information content (AvgIpc) is 3.44. The number of carbonyl (C=O) groups is 1. The van der Waals surface area contributed by atoms with Gasteiger partial charge in [-0.25, -0.2) is 4.39 Å². The Labute approximate surface area is 186 Å². The van der Waals surface area contributed by atoms with Gasteiger partial charge in [-0.05, 0) is 44.1 Å². The van der Waals surface area contributed by atoms with Gasteiger partial charge in [-0.1, -0.05) is 48.2 Å².